The highest BCUT2D eigenvalue weighted by atomic mass is 79.9. The number of benzene rings is 1. The molecule has 1 heterocycles. The summed E-state index contributed by atoms with van der Waals surface area (Å²) >= 11 is 15.0. The molecule has 6 heteroatoms. The van der Waals surface area contributed by atoms with Crippen molar-refractivity contribution < 1.29 is 4.79 Å². The van der Waals surface area contributed by atoms with Crippen molar-refractivity contribution in [1.29, 1.82) is 0 Å². The van der Waals surface area contributed by atoms with Crippen molar-refractivity contribution in [2.75, 3.05) is 5.32 Å². The van der Waals surface area contributed by atoms with E-state index in [0.29, 0.717) is 25.9 Å². The van der Waals surface area contributed by atoms with E-state index in [1.165, 1.54) is 6.20 Å². The normalized spacial score (nSPS) is 10.3. The lowest BCUT2D eigenvalue weighted by Crippen LogP contribution is -2.12. The number of nitrogens with one attached hydrogen (secondary N) is 1. The summed E-state index contributed by atoms with van der Waals surface area (Å²) in [5.41, 5.74) is 1.98. The largest absolute Gasteiger partial charge is 0.321 e. The maximum Gasteiger partial charge on any atom is 0.255 e. The van der Waals surface area contributed by atoms with Crippen LogP contribution in [-0.4, -0.2) is 10.9 Å². The van der Waals surface area contributed by atoms with Crippen molar-refractivity contribution in [2.45, 2.75) is 6.92 Å². The second-order valence-corrected chi connectivity index (χ2v) is 5.62. The number of carbonyl (C=O) groups excluding carboxylic acids is 1. The van der Waals surface area contributed by atoms with E-state index in [2.05, 4.69) is 26.2 Å². The van der Waals surface area contributed by atoms with Gasteiger partial charge in [0.15, 0.2) is 0 Å². The molecule has 0 aliphatic rings. The molecule has 0 atom stereocenters. The Hall–Kier alpha value is -1.10. The maximum atomic E-state index is 12.1. The molecule has 0 fully saturated rings. The van der Waals surface area contributed by atoms with Gasteiger partial charge in [-0.15, -0.1) is 0 Å². The van der Waals surface area contributed by atoms with Crippen LogP contribution in [0.15, 0.2) is 34.9 Å². The van der Waals surface area contributed by atoms with Crippen molar-refractivity contribution in [3.05, 3.63) is 56.2 Å². The third-order valence-electron chi connectivity index (χ3n) is 2.36. The number of rotatable bonds is 2. The van der Waals surface area contributed by atoms with Crippen LogP contribution in [0.1, 0.15) is 15.9 Å². The number of amides is 1. The fraction of sp³-hybridized carbons (Fsp3) is 0.0769. The van der Waals surface area contributed by atoms with Crippen LogP contribution >= 0.6 is 39.1 Å². The number of carbonyl (C=O) groups is 1. The third kappa shape index (κ3) is 3.69. The first kappa shape index (κ1) is 14.3. The van der Waals surface area contributed by atoms with Crippen LogP contribution in [0.2, 0.25) is 10.2 Å². The average Bonchev–Trinajstić information content (AvgIpc) is 2.32. The Morgan fingerprint density at radius 2 is 2.00 bits per heavy atom. The molecule has 0 unspecified atom stereocenters. The van der Waals surface area contributed by atoms with Crippen molar-refractivity contribution in [2.24, 2.45) is 0 Å². The molecule has 1 aromatic heterocycles. The van der Waals surface area contributed by atoms with Crippen LogP contribution in [-0.2, 0) is 0 Å². The van der Waals surface area contributed by atoms with E-state index in [-0.39, 0.29) is 5.91 Å². The average molecular weight is 360 g/mol. The molecule has 1 N–H and O–H groups in total. The summed E-state index contributed by atoms with van der Waals surface area (Å²) in [7, 11) is 0. The van der Waals surface area contributed by atoms with E-state index in [9.17, 15) is 4.79 Å². The van der Waals surface area contributed by atoms with Crippen LogP contribution < -0.4 is 5.32 Å². The van der Waals surface area contributed by atoms with Crippen molar-refractivity contribution >= 4 is 50.7 Å². The highest BCUT2D eigenvalue weighted by Gasteiger charge is 2.09. The van der Waals surface area contributed by atoms with Gasteiger partial charge in [-0.25, -0.2) is 4.98 Å². The van der Waals surface area contributed by atoms with Gasteiger partial charge in [-0.1, -0.05) is 23.2 Å². The highest BCUT2D eigenvalue weighted by Crippen LogP contribution is 2.23. The molecule has 1 aromatic carbocycles. The molecule has 3 nitrogen and oxygen atoms in total. The summed E-state index contributed by atoms with van der Waals surface area (Å²) in [6.07, 6.45) is 1.49. The van der Waals surface area contributed by atoms with Gasteiger partial charge >= 0.3 is 0 Å². The van der Waals surface area contributed by atoms with Crippen LogP contribution in [0.3, 0.4) is 0 Å². The van der Waals surface area contributed by atoms with Gasteiger partial charge in [0, 0.05) is 10.6 Å². The smallest absolute Gasteiger partial charge is 0.255 e. The fourth-order valence-electron chi connectivity index (χ4n) is 1.56. The Morgan fingerprint density at radius 3 is 2.63 bits per heavy atom. The van der Waals surface area contributed by atoms with Gasteiger partial charge in [0.05, 0.1) is 16.4 Å². The van der Waals surface area contributed by atoms with Crippen molar-refractivity contribution in [3.63, 3.8) is 0 Å². The number of nitrogens with zero attached hydrogens (tertiary/aromatic N) is 1. The minimum Gasteiger partial charge on any atom is -0.321 e. The quantitative estimate of drug-likeness (QED) is 0.789. The van der Waals surface area contributed by atoms with E-state index >= 15 is 0 Å². The van der Waals surface area contributed by atoms with Crippen LogP contribution in [0, 0.1) is 6.92 Å². The van der Waals surface area contributed by atoms with Crippen molar-refractivity contribution in [1.82, 2.24) is 4.98 Å². The zero-order chi connectivity index (χ0) is 14.0. The molecule has 0 saturated heterocycles. The molecule has 0 saturated carbocycles. The lowest BCUT2D eigenvalue weighted by atomic mass is 10.1. The Labute approximate surface area is 129 Å². The summed E-state index contributed by atoms with van der Waals surface area (Å²) in [4.78, 5) is 16.0. The molecule has 19 heavy (non-hydrogen) atoms. The first-order valence-corrected chi connectivity index (χ1v) is 6.90. The summed E-state index contributed by atoms with van der Waals surface area (Å²) in [5.74, 6) is -0.248. The second-order valence-electron chi connectivity index (χ2n) is 3.97. The van der Waals surface area contributed by atoms with Gasteiger partial charge in [-0.05, 0) is 52.7 Å². The minimum atomic E-state index is -0.248. The van der Waals surface area contributed by atoms with Crippen LogP contribution in [0.4, 0.5) is 5.69 Å². The molecular formula is C13H9BrCl2N2O. The molecule has 0 aliphatic carbocycles. The second kappa shape index (κ2) is 5.90. The summed E-state index contributed by atoms with van der Waals surface area (Å²) in [6, 6.07) is 6.85. The lowest BCUT2D eigenvalue weighted by Gasteiger charge is -2.07. The number of aromatic nitrogens is 1. The van der Waals surface area contributed by atoms with E-state index in [4.69, 9.17) is 23.2 Å². The minimum absolute atomic E-state index is 0.248. The summed E-state index contributed by atoms with van der Waals surface area (Å²) in [6.45, 7) is 1.88. The number of anilines is 1. The van der Waals surface area contributed by atoms with Gasteiger partial charge < -0.3 is 5.32 Å². The Bertz CT molecular complexity index is 626. The highest BCUT2D eigenvalue weighted by molar-refractivity contribution is 9.10. The number of aryl methyl sites for hydroxylation is 1. The first-order valence-electron chi connectivity index (χ1n) is 5.35. The lowest BCUT2D eigenvalue weighted by molar-refractivity contribution is 0.102. The molecule has 98 valence electrons. The van der Waals surface area contributed by atoms with E-state index in [1.807, 2.05) is 6.92 Å². The molecule has 0 spiro atoms. The van der Waals surface area contributed by atoms with Gasteiger partial charge in [0.1, 0.15) is 5.15 Å². The molecule has 2 aromatic rings. The Balaban J connectivity index is 2.22. The predicted molar refractivity (Wildman–Crippen MR) is 81.1 cm³/mol. The summed E-state index contributed by atoms with van der Waals surface area (Å²) in [5, 5.41) is 3.60. The topological polar surface area (TPSA) is 42.0 Å². The molecule has 0 bridgehead atoms. The number of hydrogen-bond donors (Lipinski definition) is 1. The van der Waals surface area contributed by atoms with E-state index in [0.717, 1.165) is 5.56 Å². The van der Waals surface area contributed by atoms with Gasteiger partial charge in [-0.3, -0.25) is 4.79 Å². The van der Waals surface area contributed by atoms with Gasteiger partial charge in [0.25, 0.3) is 5.91 Å². The van der Waals surface area contributed by atoms with Crippen LogP contribution in [0.25, 0.3) is 0 Å². The van der Waals surface area contributed by atoms with E-state index in [1.54, 1.807) is 24.3 Å². The maximum absolute atomic E-state index is 12.1. The van der Waals surface area contributed by atoms with Gasteiger partial charge in [-0.2, -0.15) is 0 Å². The van der Waals surface area contributed by atoms with E-state index < -0.39 is 0 Å². The number of hydrogen-bond acceptors (Lipinski definition) is 2. The van der Waals surface area contributed by atoms with Crippen molar-refractivity contribution in [3.8, 4) is 0 Å². The number of pyridine rings is 1. The molecular weight excluding hydrogens is 351 g/mol. The first-order chi connectivity index (χ1) is 8.95. The molecule has 0 aliphatic heterocycles. The SMILES string of the molecule is Cc1cc(Cl)cc(C(=O)Nc2cnc(Cl)c(Br)c2)c1. The monoisotopic (exact) mass is 358 g/mol. The number of halogens is 3. The third-order valence-corrected chi connectivity index (χ3v) is 3.71. The Kier molecular flexibility index (Phi) is 4.45. The van der Waals surface area contributed by atoms with Gasteiger partial charge in [0.2, 0.25) is 0 Å². The molecule has 0 radical (unpaired) electrons. The Morgan fingerprint density at radius 1 is 1.26 bits per heavy atom. The summed E-state index contributed by atoms with van der Waals surface area (Å²) < 4.78 is 0.620. The fourth-order valence-corrected chi connectivity index (χ4v) is 2.30. The predicted octanol–water partition coefficient (Wildman–Crippen LogP) is 4.71. The zero-order valence-electron chi connectivity index (χ0n) is 9.88. The standard InChI is InChI=1S/C13H9BrCl2N2O/c1-7-2-8(4-9(15)3-7)13(19)18-10-5-11(14)12(16)17-6-10/h2-6H,1H3,(H,18,19). The molecule has 2 rings (SSSR count). The molecule has 1 amide bonds. The zero-order valence-corrected chi connectivity index (χ0v) is 13.0. The van der Waals surface area contributed by atoms with Crippen LogP contribution in [0.5, 0.6) is 0 Å².